The van der Waals surface area contributed by atoms with Crippen molar-refractivity contribution in [3.05, 3.63) is 69.3 Å². The van der Waals surface area contributed by atoms with Crippen LogP contribution in [0.3, 0.4) is 0 Å². The molecule has 3 rings (SSSR count). The number of nitrogens with zero attached hydrogens (tertiary/aromatic N) is 2. The summed E-state index contributed by atoms with van der Waals surface area (Å²) >= 11 is 0. The fourth-order valence-corrected chi connectivity index (χ4v) is 5.26. The lowest BCUT2D eigenvalue weighted by molar-refractivity contribution is -0.384. The summed E-state index contributed by atoms with van der Waals surface area (Å²) < 4.78 is 26.1. The van der Waals surface area contributed by atoms with E-state index in [0.717, 1.165) is 35.4 Å². The maximum Gasteiger partial charge on any atom is 0.271 e. The van der Waals surface area contributed by atoms with Crippen LogP contribution in [0.15, 0.2) is 42.5 Å². The zero-order chi connectivity index (χ0) is 22.8. The minimum Gasteiger partial charge on any atom is -0.348 e. The summed E-state index contributed by atoms with van der Waals surface area (Å²) in [6, 6.07) is 10.1. The summed E-state index contributed by atoms with van der Waals surface area (Å²) in [6.45, 7) is 3.57. The molecule has 0 radical (unpaired) electrons. The van der Waals surface area contributed by atoms with Gasteiger partial charge in [-0.1, -0.05) is 31.2 Å². The molecule has 1 aliphatic carbocycles. The third-order valence-electron chi connectivity index (χ3n) is 5.61. The molecule has 0 bridgehead atoms. The van der Waals surface area contributed by atoms with E-state index in [4.69, 9.17) is 0 Å². The minimum absolute atomic E-state index is 0.0869. The SMILES string of the molecule is CC[C@H](C(=O)N[C@@H](C)c1ccc2c(c1)CCC2)N(c1cccc([N+](=O)[O-])c1)S(C)(=O)=O. The van der Waals surface area contributed by atoms with Gasteiger partial charge < -0.3 is 5.32 Å². The maximum absolute atomic E-state index is 13.1. The van der Waals surface area contributed by atoms with Gasteiger partial charge in [-0.25, -0.2) is 8.42 Å². The van der Waals surface area contributed by atoms with Crippen LogP contribution < -0.4 is 9.62 Å². The average molecular weight is 446 g/mol. The van der Waals surface area contributed by atoms with Crippen molar-refractivity contribution in [3.63, 3.8) is 0 Å². The van der Waals surface area contributed by atoms with Crippen molar-refractivity contribution in [1.82, 2.24) is 5.32 Å². The third kappa shape index (κ3) is 5.04. The van der Waals surface area contributed by atoms with E-state index in [2.05, 4.69) is 17.4 Å². The van der Waals surface area contributed by atoms with E-state index >= 15 is 0 Å². The molecule has 0 fully saturated rings. The number of fused-ring (bicyclic) bond motifs is 1. The van der Waals surface area contributed by atoms with E-state index in [1.165, 1.54) is 35.4 Å². The van der Waals surface area contributed by atoms with Crippen LogP contribution in [0, 0.1) is 10.1 Å². The van der Waals surface area contributed by atoms with Gasteiger partial charge >= 0.3 is 0 Å². The lowest BCUT2D eigenvalue weighted by Crippen LogP contribution is -2.49. The Kier molecular flexibility index (Phi) is 6.64. The Balaban J connectivity index is 1.87. The summed E-state index contributed by atoms with van der Waals surface area (Å²) in [6.07, 6.45) is 4.42. The van der Waals surface area contributed by atoms with Gasteiger partial charge in [0.25, 0.3) is 5.69 Å². The molecule has 1 N–H and O–H groups in total. The van der Waals surface area contributed by atoms with Crippen molar-refractivity contribution < 1.29 is 18.1 Å². The van der Waals surface area contributed by atoms with Crippen LogP contribution >= 0.6 is 0 Å². The number of hydrogen-bond donors (Lipinski definition) is 1. The van der Waals surface area contributed by atoms with Gasteiger partial charge in [0.15, 0.2) is 0 Å². The highest BCUT2D eigenvalue weighted by Gasteiger charge is 2.33. The molecule has 2 aromatic carbocycles. The first kappa shape index (κ1) is 22.7. The van der Waals surface area contributed by atoms with Crippen LogP contribution in [0.4, 0.5) is 11.4 Å². The minimum atomic E-state index is -3.88. The molecule has 31 heavy (non-hydrogen) atoms. The molecule has 0 spiro atoms. The number of anilines is 1. The Morgan fingerprint density at radius 2 is 1.90 bits per heavy atom. The average Bonchev–Trinajstić information content (AvgIpc) is 3.18. The number of carbonyl (C=O) groups is 1. The lowest BCUT2D eigenvalue weighted by atomic mass is 10.0. The Hall–Kier alpha value is -2.94. The highest BCUT2D eigenvalue weighted by molar-refractivity contribution is 7.92. The predicted octanol–water partition coefficient (Wildman–Crippen LogP) is 3.51. The molecule has 0 unspecified atom stereocenters. The number of aryl methyl sites for hydroxylation is 2. The van der Waals surface area contributed by atoms with Crippen molar-refractivity contribution in [1.29, 1.82) is 0 Å². The summed E-state index contributed by atoms with van der Waals surface area (Å²) in [5, 5.41) is 14.1. The van der Waals surface area contributed by atoms with E-state index in [-0.39, 0.29) is 23.8 Å². The van der Waals surface area contributed by atoms with Crippen LogP contribution in [0.1, 0.15) is 49.4 Å². The van der Waals surface area contributed by atoms with Gasteiger partial charge in [0.1, 0.15) is 6.04 Å². The lowest BCUT2D eigenvalue weighted by Gasteiger charge is -2.31. The van der Waals surface area contributed by atoms with E-state index in [0.29, 0.717) is 0 Å². The normalized spacial score (nSPS) is 15.1. The van der Waals surface area contributed by atoms with E-state index in [9.17, 15) is 23.3 Å². The number of nitro benzene ring substituents is 1. The molecular weight excluding hydrogens is 418 g/mol. The van der Waals surface area contributed by atoms with Gasteiger partial charge in [0.2, 0.25) is 15.9 Å². The molecule has 166 valence electrons. The maximum atomic E-state index is 13.1. The number of non-ortho nitro benzene ring substituents is 1. The van der Waals surface area contributed by atoms with Crippen molar-refractivity contribution >= 4 is 27.3 Å². The first-order chi connectivity index (χ1) is 14.6. The first-order valence-electron chi connectivity index (χ1n) is 10.3. The molecule has 2 atom stereocenters. The second kappa shape index (κ2) is 9.05. The molecular formula is C22H27N3O5S. The number of amides is 1. The van der Waals surface area contributed by atoms with E-state index < -0.39 is 26.9 Å². The fraction of sp³-hybridized carbons (Fsp3) is 0.409. The largest absolute Gasteiger partial charge is 0.348 e. The number of nitrogens with one attached hydrogen (secondary N) is 1. The second-order valence-corrected chi connectivity index (χ2v) is 9.73. The molecule has 0 aromatic heterocycles. The third-order valence-corrected chi connectivity index (χ3v) is 6.79. The van der Waals surface area contributed by atoms with Crippen molar-refractivity contribution in [2.45, 2.75) is 51.6 Å². The Labute approximate surface area is 182 Å². The molecule has 1 aliphatic rings. The number of sulfonamides is 1. The van der Waals surface area contributed by atoms with Gasteiger partial charge in [-0.15, -0.1) is 0 Å². The molecule has 1 amide bonds. The molecule has 0 heterocycles. The summed E-state index contributed by atoms with van der Waals surface area (Å²) in [4.78, 5) is 23.7. The van der Waals surface area contributed by atoms with E-state index in [1.807, 2.05) is 13.0 Å². The smallest absolute Gasteiger partial charge is 0.271 e. The Morgan fingerprint density at radius 1 is 1.19 bits per heavy atom. The number of benzene rings is 2. The van der Waals surface area contributed by atoms with Gasteiger partial charge in [0, 0.05) is 12.1 Å². The zero-order valence-corrected chi connectivity index (χ0v) is 18.7. The number of rotatable bonds is 8. The zero-order valence-electron chi connectivity index (χ0n) is 17.9. The number of hydrogen-bond acceptors (Lipinski definition) is 5. The summed E-state index contributed by atoms with van der Waals surface area (Å²) in [5.74, 6) is -0.451. The Morgan fingerprint density at radius 3 is 2.55 bits per heavy atom. The number of carbonyl (C=O) groups excluding carboxylic acids is 1. The topological polar surface area (TPSA) is 110 Å². The predicted molar refractivity (Wildman–Crippen MR) is 120 cm³/mol. The van der Waals surface area contributed by atoms with Crippen molar-refractivity contribution in [2.75, 3.05) is 10.6 Å². The van der Waals surface area contributed by atoms with Crippen LogP contribution in [-0.2, 0) is 27.7 Å². The molecule has 9 heteroatoms. The summed E-state index contributed by atoms with van der Waals surface area (Å²) in [7, 11) is -3.88. The van der Waals surface area contributed by atoms with Crippen LogP contribution in [0.2, 0.25) is 0 Å². The molecule has 0 aliphatic heterocycles. The molecule has 2 aromatic rings. The van der Waals surface area contributed by atoms with Crippen molar-refractivity contribution in [2.24, 2.45) is 0 Å². The highest BCUT2D eigenvalue weighted by Crippen LogP contribution is 2.28. The van der Waals surface area contributed by atoms with Gasteiger partial charge in [0.05, 0.1) is 22.9 Å². The Bertz CT molecular complexity index is 1100. The van der Waals surface area contributed by atoms with Gasteiger partial charge in [-0.05, 0) is 55.4 Å². The van der Waals surface area contributed by atoms with Crippen LogP contribution in [-0.4, -0.2) is 31.5 Å². The monoisotopic (exact) mass is 445 g/mol. The first-order valence-corrected chi connectivity index (χ1v) is 12.1. The van der Waals surface area contributed by atoms with E-state index in [1.54, 1.807) is 6.92 Å². The highest BCUT2D eigenvalue weighted by atomic mass is 32.2. The van der Waals surface area contributed by atoms with Crippen molar-refractivity contribution in [3.8, 4) is 0 Å². The standard InChI is InChI=1S/C22H27N3O5S/c1-4-21(24(31(3,29)30)19-9-6-10-20(14-19)25(27)28)22(26)23-15(2)17-12-11-16-7-5-8-18(16)13-17/h6,9-15,21H,4-5,7-8H2,1-3H3,(H,23,26)/t15-,21+/m0/s1. The van der Waals surface area contributed by atoms with Crippen LogP contribution in [0.25, 0.3) is 0 Å². The number of nitro groups is 1. The summed E-state index contributed by atoms with van der Waals surface area (Å²) in [5.41, 5.74) is 3.43. The fourth-order valence-electron chi connectivity index (χ4n) is 4.06. The quantitative estimate of drug-likeness (QED) is 0.494. The van der Waals surface area contributed by atoms with Gasteiger partial charge in [-0.3, -0.25) is 19.2 Å². The molecule has 0 saturated carbocycles. The molecule has 8 nitrogen and oxygen atoms in total. The van der Waals surface area contributed by atoms with Crippen LogP contribution in [0.5, 0.6) is 0 Å². The van der Waals surface area contributed by atoms with Gasteiger partial charge in [-0.2, -0.15) is 0 Å². The molecule has 0 saturated heterocycles. The second-order valence-electron chi connectivity index (χ2n) is 7.87.